The highest BCUT2D eigenvalue weighted by Crippen LogP contribution is 2.35. The van der Waals surface area contributed by atoms with Crippen LogP contribution >= 0.6 is 0 Å². The number of carbonyl (C=O) groups is 2. The van der Waals surface area contributed by atoms with Gasteiger partial charge in [-0.25, -0.2) is 4.90 Å². The van der Waals surface area contributed by atoms with Crippen molar-refractivity contribution < 1.29 is 9.59 Å². The first kappa shape index (κ1) is 21.5. The minimum Gasteiger partial charge on any atom is -0.366 e. The lowest BCUT2D eigenvalue weighted by Crippen LogP contribution is -2.36. The summed E-state index contributed by atoms with van der Waals surface area (Å²) in [4.78, 5) is 34.7. The lowest BCUT2D eigenvalue weighted by Gasteiger charge is -2.25. The SMILES string of the molecule is CCN(CCc1ccncc1)C1=C(c2ccc(C)cc2)C(=O)N(c2ccc(C)cc2)C1=O. The molecule has 1 aromatic heterocycles. The molecule has 2 heterocycles. The Morgan fingerprint density at radius 2 is 1.41 bits per heavy atom. The van der Waals surface area contributed by atoms with E-state index in [2.05, 4.69) is 4.98 Å². The lowest BCUT2D eigenvalue weighted by atomic mass is 10.0. The van der Waals surface area contributed by atoms with Crippen LogP contribution in [0.5, 0.6) is 0 Å². The van der Waals surface area contributed by atoms with Gasteiger partial charge < -0.3 is 4.90 Å². The first-order chi connectivity index (χ1) is 15.5. The van der Waals surface area contributed by atoms with Gasteiger partial charge in [-0.1, -0.05) is 47.5 Å². The molecule has 3 aromatic rings. The number of anilines is 1. The van der Waals surface area contributed by atoms with Gasteiger partial charge in [-0.2, -0.15) is 0 Å². The van der Waals surface area contributed by atoms with Gasteiger partial charge in [-0.05, 0) is 62.6 Å². The maximum absolute atomic E-state index is 13.7. The summed E-state index contributed by atoms with van der Waals surface area (Å²) >= 11 is 0. The molecular weight excluding hydrogens is 398 g/mol. The monoisotopic (exact) mass is 425 g/mol. The molecule has 0 radical (unpaired) electrons. The predicted octanol–water partition coefficient (Wildman–Crippen LogP) is 4.55. The minimum atomic E-state index is -0.278. The molecule has 0 saturated carbocycles. The average Bonchev–Trinajstić information content (AvgIpc) is 3.06. The van der Waals surface area contributed by atoms with Crippen LogP contribution in [0.25, 0.3) is 5.57 Å². The first-order valence-corrected chi connectivity index (χ1v) is 10.9. The lowest BCUT2D eigenvalue weighted by molar-refractivity contribution is -0.120. The van der Waals surface area contributed by atoms with Crippen molar-refractivity contribution in [1.82, 2.24) is 9.88 Å². The van der Waals surface area contributed by atoms with E-state index >= 15 is 0 Å². The highest BCUT2D eigenvalue weighted by molar-refractivity contribution is 6.45. The molecule has 2 aromatic carbocycles. The van der Waals surface area contributed by atoms with E-state index in [1.165, 1.54) is 4.90 Å². The molecule has 1 aliphatic rings. The van der Waals surface area contributed by atoms with E-state index in [4.69, 9.17) is 0 Å². The van der Waals surface area contributed by atoms with Gasteiger partial charge in [0, 0.05) is 25.5 Å². The number of benzene rings is 2. The highest BCUT2D eigenvalue weighted by Gasteiger charge is 2.42. The first-order valence-electron chi connectivity index (χ1n) is 10.9. The Morgan fingerprint density at radius 1 is 0.812 bits per heavy atom. The van der Waals surface area contributed by atoms with Gasteiger partial charge in [0.05, 0.1) is 11.3 Å². The summed E-state index contributed by atoms with van der Waals surface area (Å²) in [6.45, 7) is 7.25. The Hall–Kier alpha value is -3.73. The quantitative estimate of drug-likeness (QED) is 0.521. The number of hydrogen-bond acceptors (Lipinski definition) is 4. The molecular formula is C27H27N3O2. The van der Waals surface area contributed by atoms with Crippen molar-refractivity contribution in [3.8, 4) is 0 Å². The second-order valence-electron chi connectivity index (χ2n) is 8.06. The number of hydrogen-bond donors (Lipinski definition) is 0. The second-order valence-corrected chi connectivity index (χ2v) is 8.06. The van der Waals surface area contributed by atoms with Gasteiger partial charge in [0.25, 0.3) is 11.8 Å². The van der Waals surface area contributed by atoms with Crippen molar-refractivity contribution in [3.63, 3.8) is 0 Å². The molecule has 32 heavy (non-hydrogen) atoms. The third kappa shape index (κ3) is 4.19. The predicted molar refractivity (Wildman–Crippen MR) is 127 cm³/mol. The molecule has 5 heteroatoms. The number of imide groups is 1. The number of amides is 2. The normalized spacial score (nSPS) is 13.8. The average molecular weight is 426 g/mol. The smallest absolute Gasteiger partial charge is 0.282 e. The molecule has 5 nitrogen and oxygen atoms in total. The minimum absolute atomic E-state index is 0.272. The van der Waals surface area contributed by atoms with E-state index in [1.807, 2.05) is 86.3 Å². The summed E-state index contributed by atoms with van der Waals surface area (Å²) < 4.78 is 0. The Bertz CT molecular complexity index is 1150. The molecule has 0 fully saturated rings. The fourth-order valence-electron chi connectivity index (χ4n) is 3.96. The Kier molecular flexibility index (Phi) is 6.17. The van der Waals surface area contributed by atoms with Crippen molar-refractivity contribution in [2.75, 3.05) is 18.0 Å². The van der Waals surface area contributed by atoms with Crippen LogP contribution in [-0.2, 0) is 16.0 Å². The molecule has 0 spiro atoms. The zero-order chi connectivity index (χ0) is 22.7. The van der Waals surface area contributed by atoms with Gasteiger partial charge in [-0.3, -0.25) is 14.6 Å². The number of nitrogens with zero attached hydrogens (tertiary/aromatic N) is 3. The van der Waals surface area contributed by atoms with Crippen LogP contribution in [0.2, 0.25) is 0 Å². The van der Waals surface area contributed by atoms with Gasteiger partial charge in [0.2, 0.25) is 0 Å². The summed E-state index contributed by atoms with van der Waals surface area (Å²) in [5.41, 5.74) is 5.61. The fraction of sp³-hybridized carbons (Fsp3) is 0.222. The third-order valence-electron chi connectivity index (χ3n) is 5.81. The molecule has 0 aliphatic carbocycles. The maximum Gasteiger partial charge on any atom is 0.282 e. The van der Waals surface area contributed by atoms with E-state index in [0.29, 0.717) is 30.0 Å². The Morgan fingerprint density at radius 3 is 2.00 bits per heavy atom. The topological polar surface area (TPSA) is 53.5 Å². The largest absolute Gasteiger partial charge is 0.366 e. The van der Waals surface area contributed by atoms with E-state index in [-0.39, 0.29) is 11.8 Å². The Labute approximate surface area is 189 Å². The number of aromatic nitrogens is 1. The van der Waals surface area contributed by atoms with Crippen molar-refractivity contribution in [3.05, 3.63) is 101 Å². The maximum atomic E-state index is 13.7. The zero-order valence-corrected chi connectivity index (χ0v) is 18.7. The number of pyridine rings is 1. The fourth-order valence-corrected chi connectivity index (χ4v) is 3.96. The highest BCUT2D eigenvalue weighted by atomic mass is 16.2. The van der Waals surface area contributed by atoms with Gasteiger partial charge in [0.1, 0.15) is 5.70 Å². The van der Waals surface area contributed by atoms with Gasteiger partial charge in [0.15, 0.2) is 0 Å². The van der Waals surface area contributed by atoms with E-state index in [0.717, 1.165) is 28.7 Å². The number of rotatable bonds is 7. The van der Waals surface area contributed by atoms with Crippen LogP contribution < -0.4 is 4.90 Å². The summed E-state index contributed by atoms with van der Waals surface area (Å²) in [5.74, 6) is -0.550. The van der Waals surface area contributed by atoms with Crippen LogP contribution in [0.15, 0.2) is 78.8 Å². The van der Waals surface area contributed by atoms with E-state index in [9.17, 15) is 9.59 Å². The molecule has 0 saturated heterocycles. The zero-order valence-electron chi connectivity index (χ0n) is 18.7. The van der Waals surface area contributed by atoms with Crippen LogP contribution in [0.1, 0.15) is 29.2 Å². The molecule has 162 valence electrons. The summed E-state index contributed by atoms with van der Waals surface area (Å²) in [5, 5.41) is 0. The molecule has 1 aliphatic heterocycles. The van der Waals surface area contributed by atoms with Crippen LogP contribution in [0.4, 0.5) is 5.69 Å². The third-order valence-corrected chi connectivity index (χ3v) is 5.81. The van der Waals surface area contributed by atoms with E-state index in [1.54, 1.807) is 12.4 Å². The standard InChI is InChI=1S/C27H27N3O2/c1-4-29(18-15-21-13-16-28-17-14-21)25-24(22-9-5-19(2)6-10-22)26(31)30(27(25)32)23-11-7-20(3)8-12-23/h5-14,16-17H,4,15,18H2,1-3H3. The Balaban J connectivity index is 1.75. The van der Waals surface area contributed by atoms with Crippen molar-refractivity contribution >= 4 is 23.1 Å². The molecule has 2 amide bonds. The van der Waals surface area contributed by atoms with E-state index < -0.39 is 0 Å². The second kappa shape index (κ2) is 9.18. The number of likely N-dealkylation sites (N-methyl/N-ethyl adjacent to an activating group) is 1. The van der Waals surface area contributed by atoms with Crippen molar-refractivity contribution in [2.24, 2.45) is 0 Å². The van der Waals surface area contributed by atoms with Crippen LogP contribution in [0.3, 0.4) is 0 Å². The van der Waals surface area contributed by atoms with Crippen molar-refractivity contribution in [1.29, 1.82) is 0 Å². The van der Waals surface area contributed by atoms with Gasteiger partial charge in [-0.15, -0.1) is 0 Å². The number of carbonyl (C=O) groups excluding carboxylic acids is 2. The number of aryl methyl sites for hydroxylation is 2. The molecule has 0 N–H and O–H groups in total. The molecule has 4 rings (SSSR count). The molecule has 0 bridgehead atoms. The van der Waals surface area contributed by atoms with Crippen LogP contribution in [-0.4, -0.2) is 34.8 Å². The summed E-state index contributed by atoms with van der Waals surface area (Å²) in [7, 11) is 0. The molecule has 0 atom stereocenters. The molecule has 0 unspecified atom stereocenters. The van der Waals surface area contributed by atoms with Crippen LogP contribution in [0, 0.1) is 13.8 Å². The van der Waals surface area contributed by atoms with Gasteiger partial charge >= 0.3 is 0 Å². The van der Waals surface area contributed by atoms with Crippen molar-refractivity contribution in [2.45, 2.75) is 27.2 Å². The summed E-state index contributed by atoms with van der Waals surface area (Å²) in [6, 6.07) is 19.2. The summed E-state index contributed by atoms with van der Waals surface area (Å²) in [6.07, 6.45) is 4.30.